The highest BCUT2D eigenvalue weighted by Crippen LogP contribution is 2.29. The summed E-state index contributed by atoms with van der Waals surface area (Å²) in [4.78, 5) is 1.99. The molecular formula is C15H20FNO. The highest BCUT2D eigenvalue weighted by atomic mass is 19.1. The fraction of sp³-hybridized carbons (Fsp3) is 0.467. The fourth-order valence-electron chi connectivity index (χ4n) is 1.95. The molecule has 0 aliphatic carbocycles. The first-order valence-corrected chi connectivity index (χ1v) is 6.17. The van der Waals surface area contributed by atoms with E-state index in [-0.39, 0.29) is 5.82 Å². The topological polar surface area (TPSA) is 23.5 Å². The monoisotopic (exact) mass is 249 g/mol. The van der Waals surface area contributed by atoms with Crippen LogP contribution in [0, 0.1) is 25.1 Å². The van der Waals surface area contributed by atoms with Gasteiger partial charge < -0.3 is 10.0 Å². The number of benzene rings is 1. The van der Waals surface area contributed by atoms with Crippen molar-refractivity contribution in [2.45, 2.75) is 33.3 Å². The number of anilines is 1. The third kappa shape index (κ3) is 3.24. The largest absolute Gasteiger partial charge is 0.389 e. The van der Waals surface area contributed by atoms with E-state index in [1.54, 1.807) is 19.9 Å². The fourth-order valence-corrected chi connectivity index (χ4v) is 1.95. The van der Waals surface area contributed by atoms with Crippen molar-refractivity contribution >= 4 is 5.69 Å². The molecule has 0 aliphatic heterocycles. The van der Waals surface area contributed by atoms with Gasteiger partial charge in [-0.3, -0.25) is 0 Å². The van der Waals surface area contributed by atoms with Crippen LogP contribution in [-0.4, -0.2) is 18.2 Å². The molecule has 0 saturated carbocycles. The second kappa shape index (κ2) is 6.42. The molecule has 1 rings (SSSR count). The Morgan fingerprint density at radius 1 is 1.50 bits per heavy atom. The Hall–Kier alpha value is -1.53. The van der Waals surface area contributed by atoms with Gasteiger partial charge in [-0.25, -0.2) is 4.39 Å². The Labute approximate surface area is 108 Å². The highest BCUT2D eigenvalue weighted by molar-refractivity contribution is 5.57. The van der Waals surface area contributed by atoms with Crippen LogP contribution in [0.5, 0.6) is 0 Å². The smallest absolute Gasteiger partial charge is 0.126 e. The van der Waals surface area contributed by atoms with Crippen molar-refractivity contribution in [2.75, 3.05) is 18.0 Å². The Bertz CT molecular complexity index is 449. The lowest BCUT2D eigenvalue weighted by Gasteiger charge is -2.26. The predicted molar refractivity (Wildman–Crippen MR) is 73.1 cm³/mol. The van der Waals surface area contributed by atoms with Gasteiger partial charge in [0.1, 0.15) is 5.82 Å². The summed E-state index contributed by atoms with van der Waals surface area (Å²) in [5.74, 6) is 2.30. The summed E-state index contributed by atoms with van der Waals surface area (Å²) in [6, 6.07) is 3.15. The van der Waals surface area contributed by atoms with Gasteiger partial charge in [0, 0.05) is 17.8 Å². The number of rotatable bonds is 5. The van der Waals surface area contributed by atoms with Crippen molar-refractivity contribution in [1.82, 2.24) is 0 Å². The van der Waals surface area contributed by atoms with E-state index in [4.69, 9.17) is 6.42 Å². The molecule has 0 aliphatic rings. The zero-order chi connectivity index (χ0) is 13.7. The van der Waals surface area contributed by atoms with Crippen LogP contribution in [0.4, 0.5) is 10.1 Å². The zero-order valence-corrected chi connectivity index (χ0v) is 11.2. The van der Waals surface area contributed by atoms with Crippen LogP contribution in [0.1, 0.15) is 37.5 Å². The molecule has 0 radical (unpaired) electrons. The minimum Gasteiger partial charge on any atom is -0.389 e. The first kappa shape index (κ1) is 14.5. The number of halogens is 1. The number of aliphatic hydroxyl groups excluding tert-OH is 1. The maximum absolute atomic E-state index is 13.6. The number of aliphatic hydroxyl groups is 1. The number of hydrogen-bond donors (Lipinski definition) is 1. The van der Waals surface area contributed by atoms with Crippen molar-refractivity contribution in [3.05, 3.63) is 29.1 Å². The Morgan fingerprint density at radius 3 is 2.67 bits per heavy atom. The van der Waals surface area contributed by atoms with Crippen LogP contribution in [0.15, 0.2) is 12.1 Å². The normalized spacial score (nSPS) is 12.0. The average molecular weight is 249 g/mol. The van der Waals surface area contributed by atoms with Crippen LogP contribution in [0.3, 0.4) is 0 Å². The third-order valence-corrected chi connectivity index (χ3v) is 2.87. The second-order valence-electron chi connectivity index (χ2n) is 4.46. The Kier molecular flexibility index (Phi) is 5.18. The lowest BCUT2D eigenvalue weighted by atomic mass is 10.0. The molecule has 2 nitrogen and oxygen atoms in total. The van der Waals surface area contributed by atoms with Crippen LogP contribution in [0.2, 0.25) is 0 Å². The maximum Gasteiger partial charge on any atom is 0.126 e. The van der Waals surface area contributed by atoms with E-state index in [0.717, 1.165) is 18.7 Å². The molecule has 0 amide bonds. The molecule has 0 saturated heterocycles. The van der Waals surface area contributed by atoms with Gasteiger partial charge in [-0.2, -0.15) is 0 Å². The van der Waals surface area contributed by atoms with Gasteiger partial charge in [0.25, 0.3) is 0 Å². The van der Waals surface area contributed by atoms with Gasteiger partial charge in [0.2, 0.25) is 0 Å². The summed E-state index contributed by atoms with van der Waals surface area (Å²) in [6.45, 7) is 6.65. The van der Waals surface area contributed by atoms with Gasteiger partial charge >= 0.3 is 0 Å². The van der Waals surface area contributed by atoms with Crippen LogP contribution < -0.4 is 4.90 Å². The molecule has 0 heterocycles. The highest BCUT2D eigenvalue weighted by Gasteiger charge is 2.16. The van der Waals surface area contributed by atoms with E-state index in [9.17, 15) is 9.50 Å². The van der Waals surface area contributed by atoms with Crippen LogP contribution in [0.25, 0.3) is 0 Å². The SMILES string of the molecule is C#CCN(CCC)c1cc(C)c(F)cc1[C@@H](C)O. The molecule has 0 fully saturated rings. The van der Waals surface area contributed by atoms with Crippen molar-refractivity contribution < 1.29 is 9.50 Å². The van der Waals surface area contributed by atoms with Crippen molar-refractivity contribution in [3.8, 4) is 12.3 Å². The molecule has 0 aromatic heterocycles. The predicted octanol–water partition coefficient (Wildman–Crippen LogP) is 3.04. The summed E-state index contributed by atoms with van der Waals surface area (Å²) < 4.78 is 13.6. The van der Waals surface area contributed by atoms with Gasteiger partial charge in [-0.15, -0.1) is 6.42 Å². The molecule has 0 unspecified atom stereocenters. The summed E-state index contributed by atoms with van der Waals surface area (Å²) >= 11 is 0. The third-order valence-electron chi connectivity index (χ3n) is 2.87. The van der Waals surface area contributed by atoms with Gasteiger partial charge in [-0.1, -0.05) is 12.8 Å². The summed E-state index contributed by atoms with van der Waals surface area (Å²) in [5.41, 5.74) is 1.97. The first-order valence-electron chi connectivity index (χ1n) is 6.17. The quantitative estimate of drug-likeness (QED) is 0.811. The lowest BCUT2D eigenvalue weighted by molar-refractivity contribution is 0.199. The summed E-state index contributed by atoms with van der Waals surface area (Å²) in [6.07, 6.45) is 5.59. The standard InChI is InChI=1S/C15H20FNO/c1-5-7-17(8-6-2)15-9-11(3)14(16)10-13(15)12(4)18/h1,9-10,12,18H,6-8H2,2-4H3/t12-/m1/s1. The summed E-state index contributed by atoms with van der Waals surface area (Å²) in [7, 11) is 0. The van der Waals surface area contributed by atoms with E-state index in [1.807, 2.05) is 4.90 Å². The molecule has 3 heteroatoms. The second-order valence-corrected chi connectivity index (χ2v) is 4.46. The van der Waals surface area contributed by atoms with Crippen molar-refractivity contribution in [3.63, 3.8) is 0 Å². The molecule has 1 aromatic rings. The van der Waals surface area contributed by atoms with E-state index in [1.165, 1.54) is 6.07 Å². The van der Waals surface area contributed by atoms with E-state index < -0.39 is 6.10 Å². The number of hydrogen-bond acceptors (Lipinski definition) is 2. The number of aryl methyl sites for hydroxylation is 1. The van der Waals surface area contributed by atoms with E-state index in [0.29, 0.717) is 17.7 Å². The molecule has 0 bridgehead atoms. The van der Waals surface area contributed by atoms with E-state index in [2.05, 4.69) is 12.8 Å². The molecule has 1 aromatic carbocycles. The van der Waals surface area contributed by atoms with E-state index >= 15 is 0 Å². The average Bonchev–Trinajstić information content (AvgIpc) is 2.31. The minimum atomic E-state index is -0.716. The van der Waals surface area contributed by atoms with Gasteiger partial charge in [0.05, 0.1) is 12.6 Å². The zero-order valence-electron chi connectivity index (χ0n) is 11.2. The molecular weight excluding hydrogens is 229 g/mol. The van der Waals surface area contributed by atoms with Crippen molar-refractivity contribution in [1.29, 1.82) is 0 Å². The first-order chi connectivity index (χ1) is 8.51. The molecule has 1 N–H and O–H groups in total. The molecule has 18 heavy (non-hydrogen) atoms. The summed E-state index contributed by atoms with van der Waals surface area (Å²) in [5, 5.41) is 9.76. The van der Waals surface area contributed by atoms with Gasteiger partial charge in [0.15, 0.2) is 0 Å². The van der Waals surface area contributed by atoms with Crippen molar-refractivity contribution in [2.24, 2.45) is 0 Å². The van der Waals surface area contributed by atoms with Gasteiger partial charge in [-0.05, 0) is 38.0 Å². The molecule has 0 spiro atoms. The van der Waals surface area contributed by atoms with Crippen LogP contribution in [-0.2, 0) is 0 Å². The maximum atomic E-state index is 13.6. The minimum absolute atomic E-state index is 0.299. The van der Waals surface area contributed by atoms with Crippen LogP contribution >= 0.6 is 0 Å². The Balaban J connectivity index is 3.26. The number of nitrogens with zero attached hydrogens (tertiary/aromatic N) is 1. The number of terminal acetylenes is 1. The molecule has 98 valence electrons. The lowest BCUT2D eigenvalue weighted by Crippen LogP contribution is -2.26. The molecule has 1 atom stereocenters. The Morgan fingerprint density at radius 2 is 2.17 bits per heavy atom.